The molecule has 0 saturated carbocycles. The third-order valence-electron chi connectivity index (χ3n) is 6.16. The molecule has 0 spiro atoms. The Labute approximate surface area is 212 Å². The Balaban J connectivity index is 3.60. The maximum absolute atomic E-state index is 11.5. The quantitative estimate of drug-likeness (QED) is 0.104. The molecule has 7 heteroatoms. The molecule has 0 aliphatic heterocycles. The number of nitrogens with one attached hydrogen (secondary N) is 2. The first-order valence-electron chi connectivity index (χ1n) is 13.5. The second-order valence-electron chi connectivity index (χ2n) is 9.68. The highest BCUT2D eigenvalue weighted by molar-refractivity contribution is 5.75. The number of Topliss-reactive ketones (excluding diaryl/α,β-unsaturated/α-hetero) is 1. The number of rotatable bonds is 26. The number of ketones is 1. The average molecular weight is 495 g/mol. The lowest BCUT2D eigenvalue weighted by atomic mass is 10.0. The van der Waals surface area contributed by atoms with Gasteiger partial charge in [0.25, 0.3) is 0 Å². The summed E-state index contributed by atoms with van der Waals surface area (Å²) in [7, 11) is 0. The third-order valence-corrected chi connectivity index (χ3v) is 6.16. The molecule has 7 nitrogen and oxygen atoms in total. The minimum absolute atomic E-state index is 0.221. The topological polar surface area (TPSA) is 116 Å². The van der Waals surface area contributed by atoms with Crippen LogP contribution in [-0.2, 0) is 14.4 Å². The highest BCUT2D eigenvalue weighted by Crippen LogP contribution is 2.15. The molecule has 1 unspecified atom stereocenters. The summed E-state index contributed by atoms with van der Waals surface area (Å²) in [5.74, 6) is -1.61. The van der Waals surface area contributed by atoms with E-state index >= 15 is 0 Å². The Kier molecular flexibility index (Phi) is 20.7. The molecular weight excluding hydrogens is 444 g/mol. The summed E-state index contributed by atoms with van der Waals surface area (Å²) in [5.41, 5.74) is 1.25. The van der Waals surface area contributed by atoms with E-state index in [0.29, 0.717) is 24.3 Å². The monoisotopic (exact) mass is 494 g/mol. The van der Waals surface area contributed by atoms with Gasteiger partial charge < -0.3 is 25.6 Å². The minimum Gasteiger partial charge on any atom is -0.480 e. The van der Waals surface area contributed by atoms with Gasteiger partial charge >= 0.3 is 11.9 Å². The Morgan fingerprint density at radius 3 is 1.49 bits per heavy atom. The van der Waals surface area contributed by atoms with Gasteiger partial charge in [-0.25, -0.2) is 4.79 Å². The molecule has 4 N–H and O–H groups in total. The van der Waals surface area contributed by atoms with Crippen molar-refractivity contribution in [1.82, 2.24) is 10.6 Å². The number of aliphatic carboxylic acids is 2. The Hall–Kier alpha value is -2.31. The molecule has 0 heterocycles. The number of allylic oxidation sites excluding steroid dienone is 2. The highest BCUT2D eigenvalue weighted by atomic mass is 16.4. The summed E-state index contributed by atoms with van der Waals surface area (Å²) in [4.78, 5) is 32.9. The van der Waals surface area contributed by atoms with Gasteiger partial charge in [-0.3, -0.25) is 4.79 Å². The van der Waals surface area contributed by atoms with E-state index in [9.17, 15) is 19.5 Å². The van der Waals surface area contributed by atoms with E-state index in [1.807, 2.05) is 0 Å². The summed E-state index contributed by atoms with van der Waals surface area (Å²) in [6.07, 6.45) is 19.4. The van der Waals surface area contributed by atoms with Gasteiger partial charge in [0.1, 0.15) is 18.4 Å². The summed E-state index contributed by atoms with van der Waals surface area (Å²) < 4.78 is 0. The normalized spacial score (nSPS) is 11.6. The van der Waals surface area contributed by atoms with Crippen LogP contribution < -0.4 is 10.6 Å². The van der Waals surface area contributed by atoms with Crippen LogP contribution in [0.2, 0.25) is 0 Å². The van der Waals surface area contributed by atoms with Gasteiger partial charge in [0.15, 0.2) is 0 Å². The summed E-state index contributed by atoms with van der Waals surface area (Å²) in [6, 6.07) is -0.752. The molecule has 35 heavy (non-hydrogen) atoms. The average Bonchev–Trinajstić information content (AvgIpc) is 2.79. The van der Waals surface area contributed by atoms with Crippen molar-refractivity contribution < 1.29 is 24.6 Å². The first-order chi connectivity index (χ1) is 16.7. The molecule has 202 valence electrons. The molecule has 0 radical (unpaired) electrons. The zero-order valence-electron chi connectivity index (χ0n) is 22.0. The van der Waals surface area contributed by atoms with Gasteiger partial charge in [-0.05, 0) is 39.0 Å². The molecule has 0 bridgehead atoms. The van der Waals surface area contributed by atoms with Crippen LogP contribution in [0.5, 0.6) is 0 Å². The minimum atomic E-state index is -0.979. The van der Waals surface area contributed by atoms with E-state index in [4.69, 9.17) is 5.11 Å². The lowest BCUT2D eigenvalue weighted by Crippen LogP contribution is -2.36. The van der Waals surface area contributed by atoms with Crippen LogP contribution in [0.15, 0.2) is 24.6 Å². The zero-order valence-corrected chi connectivity index (χ0v) is 22.0. The maximum Gasteiger partial charge on any atom is 0.326 e. The fraction of sp³-hybridized carbons (Fsp3) is 0.750. The van der Waals surface area contributed by atoms with E-state index in [1.54, 1.807) is 6.92 Å². The predicted molar refractivity (Wildman–Crippen MR) is 142 cm³/mol. The molecule has 0 aromatic carbocycles. The number of hydrogen-bond acceptors (Lipinski definition) is 5. The molecule has 0 saturated heterocycles. The molecule has 0 rings (SSSR count). The predicted octanol–water partition coefficient (Wildman–Crippen LogP) is 6.34. The molecule has 0 aromatic rings. The maximum atomic E-state index is 11.5. The Morgan fingerprint density at radius 2 is 1.09 bits per heavy atom. The van der Waals surface area contributed by atoms with E-state index in [2.05, 4.69) is 23.8 Å². The second kappa shape index (κ2) is 22.2. The van der Waals surface area contributed by atoms with Crippen LogP contribution in [0.4, 0.5) is 0 Å². The molecule has 0 fully saturated rings. The Bertz CT molecular complexity index is 633. The third kappa shape index (κ3) is 23.2. The van der Waals surface area contributed by atoms with Crippen LogP contribution in [0, 0.1) is 0 Å². The molecule has 0 amide bonds. The van der Waals surface area contributed by atoms with Crippen LogP contribution in [0.25, 0.3) is 0 Å². The fourth-order valence-corrected chi connectivity index (χ4v) is 4.02. The van der Waals surface area contributed by atoms with Crippen molar-refractivity contribution in [2.45, 2.75) is 129 Å². The van der Waals surface area contributed by atoms with Gasteiger partial charge in [-0.1, -0.05) is 90.2 Å². The number of carbonyl (C=O) groups excluding carboxylic acids is 1. The van der Waals surface area contributed by atoms with E-state index in [0.717, 1.165) is 37.8 Å². The summed E-state index contributed by atoms with van der Waals surface area (Å²) >= 11 is 0. The largest absolute Gasteiger partial charge is 0.480 e. The summed E-state index contributed by atoms with van der Waals surface area (Å²) in [5, 5.41) is 23.7. The standard InChI is InChI=1S/C28H50N2O5/c1-23(29-22-27(32)33)20-21-26(28(34)35)30-24(2)18-16-14-12-10-8-6-4-5-7-9-11-13-15-17-19-25(3)31/h26,29-30H,1-2,4-22H2,3H3,(H,32,33)(H,34,35). The van der Waals surface area contributed by atoms with Crippen molar-refractivity contribution in [3.63, 3.8) is 0 Å². The van der Waals surface area contributed by atoms with E-state index < -0.39 is 18.0 Å². The van der Waals surface area contributed by atoms with Crippen molar-refractivity contribution in [3.05, 3.63) is 24.6 Å². The smallest absolute Gasteiger partial charge is 0.326 e. The first kappa shape index (κ1) is 32.7. The SMILES string of the molecule is C=C(CCC(NC(=C)CCCCCCCCCCCCCCCCC(C)=O)C(=O)O)NCC(=O)O. The van der Waals surface area contributed by atoms with Crippen molar-refractivity contribution >= 4 is 17.7 Å². The van der Waals surface area contributed by atoms with Gasteiger partial charge in [-0.15, -0.1) is 0 Å². The van der Waals surface area contributed by atoms with Crippen LogP contribution >= 0.6 is 0 Å². The van der Waals surface area contributed by atoms with Gasteiger partial charge in [0.05, 0.1) is 0 Å². The molecule has 0 aliphatic rings. The van der Waals surface area contributed by atoms with Crippen LogP contribution in [-0.4, -0.2) is 40.5 Å². The van der Waals surface area contributed by atoms with Crippen LogP contribution in [0.1, 0.15) is 122 Å². The number of unbranched alkanes of at least 4 members (excludes halogenated alkanes) is 13. The van der Waals surface area contributed by atoms with Crippen molar-refractivity contribution in [3.8, 4) is 0 Å². The van der Waals surface area contributed by atoms with E-state index in [1.165, 1.54) is 70.6 Å². The van der Waals surface area contributed by atoms with Crippen molar-refractivity contribution in [2.75, 3.05) is 6.54 Å². The zero-order chi connectivity index (χ0) is 26.3. The van der Waals surface area contributed by atoms with E-state index in [-0.39, 0.29) is 6.54 Å². The highest BCUT2D eigenvalue weighted by Gasteiger charge is 2.17. The summed E-state index contributed by atoms with van der Waals surface area (Å²) in [6.45, 7) is 9.16. The Morgan fingerprint density at radius 1 is 0.657 bits per heavy atom. The molecule has 1 atom stereocenters. The number of hydrogen-bond donors (Lipinski definition) is 4. The molecular formula is C28H50N2O5. The number of carbonyl (C=O) groups is 3. The van der Waals surface area contributed by atoms with Crippen molar-refractivity contribution in [2.24, 2.45) is 0 Å². The van der Waals surface area contributed by atoms with Crippen LogP contribution in [0.3, 0.4) is 0 Å². The number of carboxylic acid groups (broad SMARTS) is 2. The fourth-order valence-electron chi connectivity index (χ4n) is 4.02. The number of carboxylic acids is 2. The molecule has 0 aromatic heterocycles. The lowest BCUT2D eigenvalue weighted by Gasteiger charge is -2.18. The van der Waals surface area contributed by atoms with Gasteiger partial charge in [0.2, 0.25) is 0 Å². The van der Waals surface area contributed by atoms with Crippen molar-refractivity contribution in [1.29, 1.82) is 0 Å². The second-order valence-corrected chi connectivity index (χ2v) is 9.68. The van der Waals surface area contributed by atoms with Gasteiger partial charge in [0, 0.05) is 17.8 Å². The first-order valence-corrected chi connectivity index (χ1v) is 13.5. The molecule has 0 aliphatic carbocycles. The lowest BCUT2D eigenvalue weighted by molar-refractivity contribution is -0.139. The van der Waals surface area contributed by atoms with Gasteiger partial charge in [-0.2, -0.15) is 0 Å².